The molecule has 3 amide bonds. The minimum atomic E-state index is -0.0664. The van der Waals surface area contributed by atoms with Crippen molar-refractivity contribution in [3.8, 4) is 11.5 Å². The van der Waals surface area contributed by atoms with Crippen molar-refractivity contribution in [2.75, 3.05) is 37.5 Å². The highest BCUT2D eigenvalue weighted by Gasteiger charge is 2.30. The Morgan fingerprint density at radius 1 is 1.00 bits per heavy atom. The van der Waals surface area contributed by atoms with Crippen LogP contribution in [0.1, 0.15) is 43.2 Å². The van der Waals surface area contributed by atoms with E-state index in [9.17, 15) is 9.59 Å². The third kappa shape index (κ3) is 5.24. The monoisotopic (exact) mass is 451 g/mol. The standard InChI is InChI=1S/C26H33N3O4/c1-18-9-10-24(23(13-18)27-25(30)20-7-4-5-8-20)29-12-6-11-28(26(29)31)17-19-14-21(32-2)16-22(15-19)33-3/h9-10,13-16,20H,4-8,11-12,17H2,1-3H3,(H,27,30). The van der Waals surface area contributed by atoms with Gasteiger partial charge in [0.05, 0.1) is 25.6 Å². The molecule has 4 rings (SSSR count). The number of hydrogen-bond donors (Lipinski definition) is 1. The molecular weight excluding hydrogens is 418 g/mol. The quantitative estimate of drug-likeness (QED) is 0.645. The Hall–Kier alpha value is -3.22. The Labute approximate surface area is 195 Å². The van der Waals surface area contributed by atoms with E-state index in [1.807, 2.05) is 48.2 Å². The average molecular weight is 452 g/mol. The van der Waals surface area contributed by atoms with Crippen molar-refractivity contribution in [3.05, 3.63) is 47.5 Å². The van der Waals surface area contributed by atoms with Crippen molar-refractivity contribution in [1.82, 2.24) is 4.90 Å². The number of benzene rings is 2. The molecule has 0 spiro atoms. The number of carbonyl (C=O) groups is 2. The van der Waals surface area contributed by atoms with Gasteiger partial charge in [0.15, 0.2) is 0 Å². The fourth-order valence-electron chi connectivity index (χ4n) is 4.74. The molecule has 0 unspecified atom stereocenters. The second-order valence-corrected chi connectivity index (χ2v) is 8.92. The summed E-state index contributed by atoms with van der Waals surface area (Å²) in [5, 5.41) is 3.12. The van der Waals surface area contributed by atoms with Gasteiger partial charge in [-0.1, -0.05) is 18.9 Å². The lowest BCUT2D eigenvalue weighted by Crippen LogP contribution is -2.49. The van der Waals surface area contributed by atoms with Crippen LogP contribution in [-0.2, 0) is 11.3 Å². The maximum absolute atomic E-state index is 13.5. The highest BCUT2D eigenvalue weighted by molar-refractivity contribution is 6.01. The van der Waals surface area contributed by atoms with E-state index in [4.69, 9.17) is 9.47 Å². The molecule has 2 aromatic carbocycles. The summed E-state index contributed by atoms with van der Waals surface area (Å²) >= 11 is 0. The number of hydrogen-bond acceptors (Lipinski definition) is 4. The Bertz CT molecular complexity index is 994. The molecule has 1 aliphatic carbocycles. The topological polar surface area (TPSA) is 71.1 Å². The third-order valence-electron chi connectivity index (χ3n) is 6.52. The van der Waals surface area contributed by atoms with Crippen molar-refractivity contribution in [2.24, 2.45) is 5.92 Å². The zero-order valence-corrected chi connectivity index (χ0v) is 19.7. The number of ether oxygens (including phenoxy) is 2. The third-order valence-corrected chi connectivity index (χ3v) is 6.52. The molecule has 2 fully saturated rings. The number of methoxy groups -OCH3 is 2. The molecule has 0 aromatic heterocycles. The number of urea groups is 1. The number of aryl methyl sites for hydroxylation is 1. The van der Waals surface area contributed by atoms with Crippen LogP contribution >= 0.6 is 0 Å². The van der Waals surface area contributed by atoms with Gasteiger partial charge in [0, 0.05) is 31.6 Å². The van der Waals surface area contributed by atoms with Crippen LogP contribution in [0.4, 0.5) is 16.2 Å². The molecule has 176 valence electrons. The number of rotatable bonds is 7. The van der Waals surface area contributed by atoms with Crippen LogP contribution in [0.5, 0.6) is 11.5 Å². The summed E-state index contributed by atoms with van der Waals surface area (Å²) in [6, 6.07) is 11.5. The van der Waals surface area contributed by atoms with E-state index in [1.54, 1.807) is 19.1 Å². The van der Waals surface area contributed by atoms with E-state index < -0.39 is 0 Å². The number of nitrogens with zero attached hydrogens (tertiary/aromatic N) is 2. The normalized spacial score (nSPS) is 16.8. The lowest BCUT2D eigenvalue weighted by molar-refractivity contribution is -0.119. The van der Waals surface area contributed by atoms with Crippen molar-refractivity contribution in [2.45, 2.75) is 45.6 Å². The van der Waals surface area contributed by atoms with Crippen molar-refractivity contribution in [1.29, 1.82) is 0 Å². The summed E-state index contributed by atoms with van der Waals surface area (Å²) in [6.45, 7) is 3.74. The molecule has 33 heavy (non-hydrogen) atoms. The number of anilines is 2. The predicted octanol–water partition coefficient (Wildman–Crippen LogP) is 4.97. The first-order valence-corrected chi connectivity index (χ1v) is 11.7. The maximum atomic E-state index is 13.5. The average Bonchev–Trinajstić information content (AvgIpc) is 3.36. The van der Waals surface area contributed by atoms with E-state index in [-0.39, 0.29) is 17.9 Å². The van der Waals surface area contributed by atoms with Crippen LogP contribution < -0.4 is 19.7 Å². The van der Waals surface area contributed by atoms with Gasteiger partial charge in [-0.3, -0.25) is 9.69 Å². The summed E-state index contributed by atoms with van der Waals surface area (Å²) in [4.78, 5) is 29.9. The molecule has 0 atom stereocenters. The summed E-state index contributed by atoms with van der Waals surface area (Å²) < 4.78 is 10.8. The lowest BCUT2D eigenvalue weighted by Gasteiger charge is -2.36. The first-order chi connectivity index (χ1) is 16.0. The lowest BCUT2D eigenvalue weighted by atomic mass is 10.1. The van der Waals surface area contributed by atoms with Gasteiger partial charge >= 0.3 is 6.03 Å². The number of nitrogens with one attached hydrogen (secondary N) is 1. The van der Waals surface area contributed by atoms with Crippen LogP contribution in [0.2, 0.25) is 0 Å². The van der Waals surface area contributed by atoms with Crippen LogP contribution in [0.3, 0.4) is 0 Å². The van der Waals surface area contributed by atoms with Crippen LogP contribution in [0.25, 0.3) is 0 Å². The van der Waals surface area contributed by atoms with E-state index in [0.717, 1.165) is 48.9 Å². The molecule has 0 bridgehead atoms. The fourth-order valence-corrected chi connectivity index (χ4v) is 4.74. The van der Waals surface area contributed by atoms with Crippen LogP contribution in [0, 0.1) is 12.8 Å². The van der Waals surface area contributed by atoms with Gasteiger partial charge in [-0.15, -0.1) is 0 Å². The van der Waals surface area contributed by atoms with Crippen molar-refractivity contribution >= 4 is 23.3 Å². The van der Waals surface area contributed by atoms with Gasteiger partial charge in [-0.2, -0.15) is 0 Å². The fraction of sp³-hybridized carbons (Fsp3) is 0.462. The molecule has 0 radical (unpaired) electrons. The minimum absolute atomic E-state index is 0.0594. The van der Waals surface area contributed by atoms with E-state index in [2.05, 4.69) is 5.32 Å². The Morgan fingerprint density at radius 3 is 2.36 bits per heavy atom. The predicted molar refractivity (Wildman–Crippen MR) is 129 cm³/mol. The first kappa shape index (κ1) is 23.0. The molecule has 1 saturated heterocycles. The highest BCUT2D eigenvalue weighted by Crippen LogP contribution is 2.33. The summed E-state index contributed by atoms with van der Waals surface area (Å²) in [7, 11) is 3.23. The highest BCUT2D eigenvalue weighted by atomic mass is 16.5. The smallest absolute Gasteiger partial charge is 0.324 e. The largest absolute Gasteiger partial charge is 0.497 e. The second kappa shape index (κ2) is 10.1. The van der Waals surface area contributed by atoms with Gasteiger partial charge in [-0.25, -0.2) is 4.79 Å². The van der Waals surface area contributed by atoms with Crippen LogP contribution in [0.15, 0.2) is 36.4 Å². The van der Waals surface area contributed by atoms with E-state index in [1.165, 1.54) is 0 Å². The Balaban J connectivity index is 1.55. The van der Waals surface area contributed by atoms with Crippen molar-refractivity contribution in [3.63, 3.8) is 0 Å². The summed E-state index contributed by atoms with van der Waals surface area (Å²) in [5.41, 5.74) is 3.46. The van der Waals surface area contributed by atoms with Crippen molar-refractivity contribution < 1.29 is 19.1 Å². The summed E-state index contributed by atoms with van der Waals surface area (Å²) in [5.74, 6) is 1.52. The molecule has 7 heteroatoms. The van der Waals surface area contributed by atoms with E-state index >= 15 is 0 Å². The Kier molecular flexibility index (Phi) is 7.06. The Morgan fingerprint density at radius 2 is 1.70 bits per heavy atom. The second-order valence-electron chi connectivity index (χ2n) is 8.92. The van der Waals surface area contributed by atoms with Gasteiger partial charge in [0.1, 0.15) is 11.5 Å². The molecular formula is C26H33N3O4. The molecule has 1 heterocycles. The van der Waals surface area contributed by atoms with Gasteiger partial charge in [0.25, 0.3) is 0 Å². The SMILES string of the molecule is COc1cc(CN2CCCN(c3ccc(C)cc3NC(=O)C3CCCC3)C2=O)cc(OC)c1. The molecule has 1 saturated carbocycles. The molecule has 2 aliphatic rings. The van der Waals surface area contributed by atoms with Gasteiger partial charge in [-0.05, 0) is 61.6 Å². The first-order valence-electron chi connectivity index (χ1n) is 11.7. The molecule has 2 aromatic rings. The van der Waals surface area contributed by atoms with Crippen LogP contribution in [-0.4, -0.2) is 44.1 Å². The molecule has 1 aliphatic heterocycles. The summed E-state index contributed by atoms with van der Waals surface area (Å²) in [6.07, 6.45) is 4.93. The zero-order valence-electron chi connectivity index (χ0n) is 19.7. The molecule has 1 N–H and O–H groups in total. The number of carbonyl (C=O) groups excluding carboxylic acids is 2. The maximum Gasteiger partial charge on any atom is 0.324 e. The van der Waals surface area contributed by atoms with E-state index in [0.29, 0.717) is 36.8 Å². The minimum Gasteiger partial charge on any atom is -0.497 e. The van der Waals surface area contributed by atoms with Gasteiger partial charge < -0.3 is 19.7 Å². The molecule has 7 nitrogen and oxygen atoms in total. The van der Waals surface area contributed by atoms with Gasteiger partial charge in [0.2, 0.25) is 5.91 Å². The number of amides is 3. The zero-order chi connectivity index (χ0) is 23.4.